The molecule has 0 saturated carbocycles. The van der Waals surface area contributed by atoms with Crippen LogP contribution in [-0.4, -0.2) is 18.9 Å². The van der Waals surface area contributed by atoms with Gasteiger partial charge in [0.25, 0.3) is 0 Å². The van der Waals surface area contributed by atoms with Gasteiger partial charge in [0, 0.05) is 12.8 Å². The molecule has 0 N–H and O–H groups in total. The van der Waals surface area contributed by atoms with Gasteiger partial charge in [-0.2, -0.15) is 0 Å². The fourth-order valence-corrected chi connectivity index (χ4v) is 1.61. The van der Waals surface area contributed by atoms with Gasteiger partial charge in [0.05, 0.1) is 12.7 Å². The molecule has 0 unspecified atom stereocenters. The average Bonchev–Trinajstić information content (AvgIpc) is 2.36. The van der Waals surface area contributed by atoms with Gasteiger partial charge in [-0.3, -0.25) is 4.79 Å². The Bertz CT molecular complexity index is 379. The fraction of sp³-hybridized carbons (Fsp3) is 0.429. The van der Waals surface area contributed by atoms with Crippen LogP contribution in [0.2, 0.25) is 0 Å². The normalized spacial score (nSPS) is 10.0. The summed E-state index contributed by atoms with van der Waals surface area (Å²) >= 11 is 0. The summed E-state index contributed by atoms with van der Waals surface area (Å²) in [5.74, 6) is -0.0387. The van der Waals surface area contributed by atoms with Crippen LogP contribution in [0.25, 0.3) is 0 Å². The highest BCUT2D eigenvalue weighted by Gasteiger charge is 2.05. The molecule has 0 bridgehead atoms. The van der Waals surface area contributed by atoms with Crippen LogP contribution in [0.1, 0.15) is 42.1 Å². The van der Waals surface area contributed by atoms with Gasteiger partial charge in [-0.1, -0.05) is 19.1 Å². The van der Waals surface area contributed by atoms with Crippen LogP contribution in [0.5, 0.6) is 0 Å². The lowest BCUT2D eigenvalue weighted by Gasteiger charge is -2.02. The molecule has 0 aliphatic carbocycles. The summed E-state index contributed by atoms with van der Waals surface area (Å²) in [6.45, 7) is 2.00. The monoisotopic (exact) mass is 234 g/mol. The number of methoxy groups -OCH3 is 1. The minimum atomic E-state index is -0.335. The van der Waals surface area contributed by atoms with E-state index in [0.717, 1.165) is 18.4 Å². The molecule has 0 amide bonds. The van der Waals surface area contributed by atoms with E-state index < -0.39 is 0 Å². The van der Waals surface area contributed by atoms with Crippen LogP contribution in [0.3, 0.4) is 0 Å². The molecule has 0 aliphatic rings. The lowest BCUT2D eigenvalue weighted by Crippen LogP contribution is -2.02. The Labute approximate surface area is 102 Å². The van der Waals surface area contributed by atoms with Crippen molar-refractivity contribution in [1.29, 1.82) is 0 Å². The van der Waals surface area contributed by atoms with E-state index in [0.29, 0.717) is 24.2 Å². The zero-order valence-electron chi connectivity index (χ0n) is 10.4. The van der Waals surface area contributed by atoms with E-state index in [1.54, 1.807) is 12.1 Å². The first-order valence-corrected chi connectivity index (χ1v) is 5.86. The molecule has 0 saturated heterocycles. The van der Waals surface area contributed by atoms with E-state index in [-0.39, 0.29) is 5.97 Å². The number of carbonyl (C=O) groups is 2. The van der Waals surface area contributed by atoms with Crippen molar-refractivity contribution in [3.63, 3.8) is 0 Å². The summed E-state index contributed by atoms with van der Waals surface area (Å²) in [6, 6.07) is 7.19. The highest BCUT2D eigenvalue weighted by Crippen LogP contribution is 2.09. The van der Waals surface area contributed by atoms with Gasteiger partial charge >= 0.3 is 5.97 Å². The molecule has 0 radical (unpaired) electrons. The average molecular weight is 234 g/mol. The van der Waals surface area contributed by atoms with Crippen molar-refractivity contribution in [2.45, 2.75) is 32.6 Å². The maximum Gasteiger partial charge on any atom is 0.337 e. The van der Waals surface area contributed by atoms with Gasteiger partial charge in [-0.25, -0.2) is 4.79 Å². The molecule has 0 heterocycles. The summed E-state index contributed by atoms with van der Waals surface area (Å²) in [4.78, 5) is 22.6. The first-order valence-electron chi connectivity index (χ1n) is 5.86. The molecule has 0 spiro atoms. The third-order valence-electron chi connectivity index (χ3n) is 2.60. The zero-order chi connectivity index (χ0) is 12.7. The Morgan fingerprint density at radius 2 is 1.76 bits per heavy atom. The van der Waals surface area contributed by atoms with Gasteiger partial charge < -0.3 is 4.74 Å². The molecule has 0 atom stereocenters. The number of Topliss-reactive ketones (excluding diaryl/α,β-unsaturated/α-hetero) is 1. The molecular formula is C14H18O3. The predicted molar refractivity (Wildman–Crippen MR) is 66.0 cm³/mol. The molecular weight excluding hydrogens is 216 g/mol. The number of esters is 1. The smallest absolute Gasteiger partial charge is 0.337 e. The molecule has 1 aromatic carbocycles. The molecule has 17 heavy (non-hydrogen) atoms. The van der Waals surface area contributed by atoms with Crippen LogP contribution in [0, 0.1) is 0 Å². The van der Waals surface area contributed by atoms with Crippen molar-refractivity contribution in [2.75, 3.05) is 7.11 Å². The fourth-order valence-electron chi connectivity index (χ4n) is 1.61. The second-order valence-corrected chi connectivity index (χ2v) is 3.98. The van der Waals surface area contributed by atoms with Crippen LogP contribution in [-0.2, 0) is 16.0 Å². The molecule has 0 fully saturated rings. The van der Waals surface area contributed by atoms with E-state index in [4.69, 9.17) is 0 Å². The van der Waals surface area contributed by atoms with Gasteiger partial charge in [-0.05, 0) is 30.5 Å². The maximum absolute atomic E-state index is 11.4. The highest BCUT2D eigenvalue weighted by molar-refractivity contribution is 5.89. The van der Waals surface area contributed by atoms with E-state index in [2.05, 4.69) is 4.74 Å². The molecule has 1 aromatic rings. The van der Waals surface area contributed by atoms with Gasteiger partial charge in [-0.15, -0.1) is 0 Å². The lowest BCUT2D eigenvalue weighted by molar-refractivity contribution is -0.119. The van der Waals surface area contributed by atoms with Crippen molar-refractivity contribution >= 4 is 11.8 Å². The summed E-state index contributed by atoms with van der Waals surface area (Å²) in [5, 5.41) is 0. The Morgan fingerprint density at radius 1 is 1.12 bits per heavy atom. The predicted octanol–water partition coefficient (Wildman–Crippen LogP) is 2.78. The standard InChI is InChI=1S/C14H18O3/c1-3-4-13(15)10-7-11-5-8-12(9-6-11)14(16)17-2/h5-6,8-9H,3-4,7,10H2,1-2H3. The Balaban J connectivity index is 2.51. The van der Waals surface area contributed by atoms with Gasteiger partial charge in [0.1, 0.15) is 5.78 Å². The first-order chi connectivity index (χ1) is 8.17. The number of carbonyl (C=O) groups excluding carboxylic acids is 2. The van der Waals surface area contributed by atoms with Crippen LogP contribution in [0.15, 0.2) is 24.3 Å². The quantitative estimate of drug-likeness (QED) is 0.711. The highest BCUT2D eigenvalue weighted by atomic mass is 16.5. The molecule has 0 aliphatic heterocycles. The Kier molecular flexibility index (Phi) is 5.40. The Morgan fingerprint density at radius 3 is 2.29 bits per heavy atom. The third kappa shape index (κ3) is 4.39. The van der Waals surface area contributed by atoms with Crippen molar-refractivity contribution in [1.82, 2.24) is 0 Å². The van der Waals surface area contributed by atoms with Crippen LogP contribution < -0.4 is 0 Å². The molecule has 92 valence electrons. The number of aryl methyl sites for hydroxylation is 1. The summed E-state index contributed by atoms with van der Waals surface area (Å²) in [6.07, 6.45) is 2.87. The molecule has 1 rings (SSSR count). The first kappa shape index (κ1) is 13.4. The zero-order valence-corrected chi connectivity index (χ0v) is 10.4. The minimum absolute atomic E-state index is 0.296. The van der Waals surface area contributed by atoms with Crippen molar-refractivity contribution in [3.05, 3.63) is 35.4 Å². The summed E-state index contributed by atoms with van der Waals surface area (Å²) in [5.41, 5.74) is 1.61. The lowest BCUT2D eigenvalue weighted by atomic mass is 10.0. The second kappa shape index (κ2) is 6.84. The van der Waals surface area contributed by atoms with E-state index in [1.807, 2.05) is 19.1 Å². The Hall–Kier alpha value is -1.64. The van der Waals surface area contributed by atoms with Crippen LogP contribution >= 0.6 is 0 Å². The maximum atomic E-state index is 11.4. The molecule has 0 aromatic heterocycles. The number of hydrogen-bond donors (Lipinski definition) is 0. The van der Waals surface area contributed by atoms with Crippen LogP contribution in [0.4, 0.5) is 0 Å². The summed E-state index contributed by atoms with van der Waals surface area (Å²) in [7, 11) is 1.36. The summed E-state index contributed by atoms with van der Waals surface area (Å²) < 4.78 is 4.61. The third-order valence-corrected chi connectivity index (χ3v) is 2.60. The topological polar surface area (TPSA) is 43.4 Å². The number of ether oxygens (including phenoxy) is 1. The van der Waals surface area contributed by atoms with Gasteiger partial charge in [0.2, 0.25) is 0 Å². The minimum Gasteiger partial charge on any atom is -0.465 e. The number of hydrogen-bond acceptors (Lipinski definition) is 3. The number of ketones is 1. The van der Waals surface area contributed by atoms with Gasteiger partial charge in [0.15, 0.2) is 0 Å². The molecule has 3 nitrogen and oxygen atoms in total. The number of rotatable bonds is 6. The van der Waals surface area contributed by atoms with Crippen molar-refractivity contribution < 1.29 is 14.3 Å². The van der Waals surface area contributed by atoms with Crippen molar-refractivity contribution in [2.24, 2.45) is 0 Å². The molecule has 3 heteroatoms. The largest absolute Gasteiger partial charge is 0.465 e. The van der Waals surface area contributed by atoms with E-state index in [9.17, 15) is 9.59 Å². The van der Waals surface area contributed by atoms with Crippen molar-refractivity contribution in [3.8, 4) is 0 Å². The SMILES string of the molecule is CCCC(=O)CCc1ccc(C(=O)OC)cc1. The van der Waals surface area contributed by atoms with E-state index in [1.165, 1.54) is 7.11 Å². The number of benzene rings is 1. The second-order valence-electron chi connectivity index (χ2n) is 3.98. The van der Waals surface area contributed by atoms with E-state index >= 15 is 0 Å².